The van der Waals surface area contributed by atoms with Gasteiger partial charge in [-0.1, -0.05) is 28.1 Å². The van der Waals surface area contributed by atoms with Crippen LogP contribution in [0.2, 0.25) is 0 Å². The Labute approximate surface area is 173 Å². The minimum absolute atomic E-state index is 0.0340. The van der Waals surface area contributed by atoms with Gasteiger partial charge in [0, 0.05) is 17.1 Å². The van der Waals surface area contributed by atoms with Gasteiger partial charge in [-0.15, -0.1) is 0 Å². The summed E-state index contributed by atoms with van der Waals surface area (Å²) in [7, 11) is 0. The first-order valence-corrected chi connectivity index (χ1v) is 9.78. The van der Waals surface area contributed by atoms with Crippen LogP contribution < -0.4 is 10.1 Å². The average Bonchev–Trinajstić information content (AvgIpc) is 2.64. The van der Waals surface area contributed by atoms with Crippen molar-refractivity contribution in [3.8, 4) is 5.75 Å². The smallest absolute Gasteiger partial charge is 0.261 e. The van der Waals surface area contributed by atoms with E-state index >= 15 is 0 Å². The van der Waals surface area contributed by atoms with Gasteiger partial charge in [0.15, 0.2) is 6.61 Å². The number of hydrogen-bond acceptors (Lipinski definition) is 3. The molecule has 0 saturated heterocycles. The lowest BCUT2D eigenvalue weighted by molar-refractivity contribution is -0.142. The molecule has 0 aliphatic rings. The molecule has 28 heavy (non-hydrogen) atoms. The van der Waals surface area contributed by atoms with Gasteiger partial charge in [0.25, 0.3) is 5.91 Å². The fourth-order valence-corrected chi connectivity index (χ4v) is 3.03. The molecule has 7 heteroatoms. The molecular weight excluding hydrogens is 427 g/mol. The highest BCUT2D eigenvalue weighted by Crippen LogP contribution is 2.16. The summed E-state index contributed by atoms with van der Waals surface area (Å²) in [5, 5.41) is 2.83. The normalized spacial score (nSPS) is 11.8. The van der Waals surface area contributed by atoms with Crippen LogP contribution in [-0.4, -0.2) is 35.4 Å². The third-order valence-corrected chi connectivity index (χ3v) is 4.51. The Morgan fingerprint density at radius 3 is 2.43 bits per heavy atom. The third kappa shape index (κ3) is 6.64. The number of ether oxygens (including phenoxy) is 1. The zero-order valence-corrected chi connectivity index (χ0v) is 17.7. The number of halogens is 2. The van der Waals surface area contributed by atoms with E-state index in [4.69, 9.17) is 4.74 Å². The second-order valence-corrected chi connectivity index (χ2v) is 7.65. The van der Waals surface area contributed by atoms with Crippen LogP contribution in [0.25, 0.3) is 0 Å². The molecule has 0 saturated carbocycles. The van der Waals surface area contributed by atoms with E-state index in [1.165, 1.54) is 29.2 Å². The summed E-state index contributed by atoms with van der Waals surface area (Å²) in [5.41, 5.74) is 0.883. The fraction of sp³-hybridized carbons (Fsp3) is 0.333. The van der Waals surface area contributed by atoms with Crippen molar-refractivity contribution in [3.63, 3.8) is 0 Å². The minimum Gasteiger partial charge on any atom is -0.484 e. The Balaban J connectivity index is 2.14. The number of carbonyl (C=O) groups excluding carboxylic acids is 2. The number of hydrogen-bond donors (Lipinski definition) is 1. The zero-order valence-electron chi connectivity index (χ0n) is 16.1. The van der Waals surface area contributed by atoms with Crippen LogP contribution in [0.4, 0.5) is 4.39 Å². The summed E-state index contributed by atoms with van der Waals surface area (Å²) in [5.74, 6) is -0.568. The van der Waals surface area contributed by atoms with Gasteiger partial charge in [0.2, 0.25) is 5.91 Å². The summed E-state index contributed by atoms with van der Waals surface area (Å²) in [6.45, 7) is 5.42. The van der Waals surface area contributed by atoms with Crippen LogP contribution in [0.1, 0.15) is 26.3 Å². The quantitative estimate of drug-likeness (QED) is 0.662. The molecule has 0 aromatic heterocycles. The predicted octanol–water partition coefficient (Wildman–Crippen LogP) is 3.91. The number of benzene rings is 2. The van der Waals surface area contributed by atoms with Crippen molar-refractivity contribution in [2.45, 2.75) is 39.4 Å². The highest BCUT2D eigenvalue weighted by atomic mass is 79.9. The van der Waals surface area contributed by atoms with Crippen molar-refractivity contribution < 1.29 is 18.7 Å². The maximum absolute atomic E-state index is 13.0. The molecule has 2 rings (SSSR count). The molecule has 5 nitrogen and oxygen atoms in total. The van der Waals surface area contributed by atoms with Crippen molar-refractivity contribution >= 4 is 27.7 Å². The molecule has 0 radical (unpaired) electrons. The van der Waals surface area contributed by atoms with Crippen LogP contribution in [0.15, 0.2) is 53.0 Å². The Morgan fingerprint density at radius 1 is 1.14 bits per heavy atom. The van der Waals surface area contributed by atoms with E-state index < -0.39 is 6.04 Å². The molecule has 0 heterocycles. The van der Waals surface area contributed by atoms with Crippen LogP contribution in [0.5, 0.6) is 5.75 Å². The topological polar surface area (TPSA) is 58.6 Å². The maximum atomic E-state index is 13.0. The van der Waals surface area contributed by atoms with E-state index in [9.17, 15) is 14.0 Å². The van der Waals surface area contributed by atoms with Gasteiger partial charge in [0.1, 0.15) is 17.6 Å². The van der Waals surface area contributed by atoms with Crippen molar-refractivity contribution in [1.82, 2.24) is 10.2 Å². The van der Waals surface area contributed by atoms with Crippen LogP contribution in [0, 0.1) is 5.82 Å². The second-order valence-electron chi connectivity index (χ2n) is 6.73. The molecule has 0 fully saturated rings. The van der Waals surface area contributed by atoms with Crippen LogP contribution in [0.3, 0.4) is 0 Å². The van der Waals surface area contributed by atoms with Gasteiger partial charge in [-0.2, -0.15) is 0 Å². The number of amides is 2. The molecule has 2 amide bonds. The van der Waals surface area contributed by atoms with Gasteiger partial charge >= 0.3 is 0 Å². The van der Waals surface area contributed by atoms with Gasteiger partial charge in [0.05, 0.1) is 0 Å². The Bertz CT molecular complexity index is 812. The molecule has 0 spiro atoms. The molecule has 0 aliphatic carbocycles. The van der Waals surface area contributed by atoms with E-state index in [0.29, 0.717) is 5.75 Å². The Morgan fingerprint density at radius 2 is 1.82 bits per heavy atom. The molecular formula is C21H24BrFN2O3. The Kier molecular flexibility index (Phi) is 7.99. The van der Waals surface area contributed by atoms with Gasteiger partial charge in [-0.05, 0) is 62.7 Å². The molecule has 2 aromatic rings. The summed E-state index contributed by atoms with van der Waals surface area (Å²) >= 11 is 3.42. The lowest BCUT2D eigenvalue weighted by atomic mass is 10.1. The number of nitrogens with zero attached hydrogens (tertiary/aromatic N) is 1. The number of rotatable bonds is 8. The standard InChI is InChI=1S/C21H24BrFN2O3/c1-14(2)24-21(27)15(3)25(12-16-5-4-6-17(22)11-16)20(26)13-28-19-9-7-18(23)8-10-19/h4-11,14-15H,12-13H2,1-3H3,(H,24,27)/t15-/m1/s1. The molecule has 150 valence electrons. The monoisotopic (exact) mass is 450 g/mol. The molecule has 0 bridgehead atoms. The van der Waals surface area contributed by atoms with E-state index in [1.54, 1.807) is 6.92 Å². The van der Waals surface area contributed by atoms with E-state index in [-0.39, 0.29) is 36.8 Å². The lowest BCUT2D eigenvalue weighted by Crippen LogP contribution is -2.50. The molecule has 2 aromatic carbocycles. The first-order valence-electron chi connectivity index (χ1n) is 8.99. The summed E-state index contributed by atoms with van der Waals surface area (Å²) < 4.78 is 19.4. The third-order valence-electron chi connectivity index (χ3n) is 4.02. The SMILES string of the molecule is CC(C)NC(=O)[C@@H](C)N(Cc1cccc(Br)c1)C(=O)COc1ccc(F)cc1. The predicted molar refractivity (Wildman–Crippen MR) is 109 cm³/mol. The van der Waals surface area contributed by atoms with Crippen molar-refractivity contribution in [3.05, 3.63) is 64.4 Å². The average molecular weight is 451 g/mol. The highest BCUT2D eigenvalue weighted by Gasteiger charge is 2.26. The van der Waals surface area contributed by atoms with Crippen molar-refractivity contribution in [2.75, 3.05) is 6.61 Å². The van der Waals surface area contributed by atoms with Crippen molar-refractivity contribution in [1.29, 1.82) is 0 Å². The maximum Gasteiger partial charge on any atom is 0.261 e. The van der Waals surface area contributed by atoms with Crippen LogP contribution in [-0.2, 0) is 16.1 Å². The Hall–Kier alpha value is -2.41. The van der Waals surface area contributed by atoms with E-state index in [0.717, 1.165) is 10.0 Å². The first kappa shape index (κ1) is 21.9. The molecule has 0 aliphatic heterocycles. The largest absolute Gasteiger partial charge is 0.484 e. The number of carbonyl (C=O) groups is 2. The van der Waals surface area contributed by atoms with Crippen LogP contribution >= 0.6 is 15.9 Å². The second kappa shape index (κ2) is 10.2. The van der Waals surface area contributed by atoms with Gasteiger partial charge < -0.3 is 15.0 Å². The minimum atomic E-state index is -0.675. The van der Waals surface area contributed by atoms with E-state index in [1.807, 2.05) is 38.1 Å². The fourth-order valence-electron chi connectivity index (χ4n) is 2.58. The summed E-state index contributed by atoms with van der Waals surface area (Å²) in [6, 6.07) is 12.3. The lowest BCUT2D eigenvalue weighted by Gasteiger charge is -2.29. The zero-order chi connectivity index (χ0) is 20.7. The van der Waals surface area contributed by atoms with E-state index in [2.05, 4.69) is 21.2 Å². The highest BCUT2D eigenvalue weighted by molar-refractivity contribution is 9.10. The molecule has 1 atom stereocenters. The number of nitrogens with one attached hydrogen (secondary N) is 1. The van der Waals surface area contributed by atoms with Gasteiger partial charge in [-0.3, -0.25) is 9.59 Å². The summed E-state index contributed by atoms with van der Waals surface area (Å²) in [4.78, 5) is 26.8. The van der Waals surface area contributed by atoms with Crippen molar-refractivity contribution in [2.24, 2.45) is 0 Å². The first-order chi connectivity index (χ1) is 13.3. The molecule has 1 N–H and O–H groups in total. The molecule has 0 unspecified atom stereocenters. The van der Waals surface area contributed by atoms with Gasteiger partial charge in [-0.25, -0.2) is 4.39 Å². The summed E-state index contributed by atoms with van der Waals surface area (Å²) in [6.07, 6.45) is 0.